The summed E-state index contributed by atoms with van der Waals surface area (Å²) in [6, 6.07) is 0. The average Bonchev–Trinajstić information content (AvgIpc) is 2.05. The summed E-state index contributed by atoms with van der Waals surface area (Å²) in [5, 5.41) is 0. The average molecular weight is 166 g/mol. The fourth-order valence-corrected chi connectivity index (χ4v) is 0.685. The molecule has 0 atom stereocenters. The van der Waals surface area contributed by atoms with Crippen LogP contribution in [0.15, 0.2) is 36.5 Å². The summed E-state index contributed by atoms with van der Waals surface area (Å²) < 4.78 is 0. The van der Waals surface area contributed by atoms with Crippen molar-refractivity contribution in [2.24, 2.45) is 11.5 Å². The maximum absolute atomic E-state index is 11.2. The molecule has 0 bridgehead atoms. The summed E-state index contributed by atoms with van der Waals surface area (Å²) in [6.07, 6.45) is 5.59. The van der Waals surface area contributed by atoms with Gasteiger partial charge in [0, 0.05) is 5.57 Å². The van der Waals surface area contributed by atoms with Gasteiger partial charge in [0.25, 0.3) is 0 Å². The van der Waals surface area contributed by atoms with Crippen LogP contribution in [0.5, 0.6) is 0 Å². The molecule has 0 heterocycles. The zero-order valence-corrected chi connectivity index (χ0v) is 7.16. The van der Waals surface area contributed by atoms with Crippen molar-refractivity contribution >= 4 is 5.78 Å². The molecule has 0 unspecified atom stereocenters. The fraction of sp³-hybridized carbons (Fsp3) is 0.222. The predicted octanol–water partition coefficient (Wildman–Crippen LogP) is 0.488. The van der Waals surface area contributed by atoms with Gasteiger partial charge in [0.15, 0.2) is 5.78 Å². The van der Waals surface area contributed by atoms with E-state index in [1.807, 2.05) is 0 Å². The first kappa shape index (κ1) is 10.8. The van der Waals surface area contributed by atoms with Gasteiger partial charge in [-0.15, -0.1) is 0 Å². The minimum atomic E-state index is -0.939. The smallest absolute Gasteiger partial charge is 0.193 e. The lowest BCUT2D eigenvalue weighted by atomic mass is 10.1. The van der Waals surface area contributed by atoms with Crippen molar-refractivity contribution in [1.29, 1.82) is 0 Å². The summed E-state index contributed by atoms with van der Waals surface area (Å²) in [4.78, 5) is 11.2. The molecule has 12 heavy (non-hydrogen) atoms. The Labute approximate surface area is 72.4 Å². The van der Waals surface area contributed by atoms with Gasteiger partial charge in [-0.3, -0.25) is 4.79 Å². The Morgan fingerprint density at radius 1 is 1.50 bits per heavy atom. The fourth-order valence-electron chi connectivity index (χ4n) is 0.685. The molecule has 3 nitrogen and oxygen atoms in total. The Morgan fingerprint density at radius 2 is 2.08 bits per heavy atom. The highest BCUT2D eigenvalue weighted by Crippen LogP contribution is 1.99. The normalized spacial score (nSPS) is 12.5. The third kappa shape index (κ3) is 3.27. The molecule has 0 fully saturated rings. The van der Waals surface area contributed by atoms with Crippen LogP contribution in [0.1, 0.15) is 6.92 Å². The first-order chi connectivity index (χ1) is 5.63. The van der Waals surface area contributed by atoms with E-state index in [2.05, 4.69) is 6.58 Å². The number of allylic oxidation sites excluding steroid dienone is 4. The maximum atomic E-state index is 11.2. The van der Waals surface area contributed by atoms with Crippen LogP contribution in [-0.2, 0) is 4.79 Å². The van der Waals surface area contributed by atoms with Crippen molar-refractivity contribution in [3.8, 4) is 0 Å². The minimum absolute atomic E-state index is 0.268. The van der Waals surface area contributed by atoms with Gasteiger partial charge in [0.1, 0.15) is 6.17 Å². The molecule has 0 aromatic carbocycles. The van der Waals surface area contributed by atoms with Crippen LogP contribution in [-0.4, -0.2) is 11.9 Å². The van der Waals surface area contributed by atoms with E-state index in [-0.39, 0.29) is 5.78 Å². The maximum Gasteiger partial charge on any atom is 0.193 e. The van der Waals surface area contributed by atoms with E-state index in [1.165, 1.54) is 0 Å². The summed E-state index contributed by atoms with van der Waals surface area (Å²) in [7, 11) is 0. The lowest BCUT2D eigenvalue weighted by Gasteiger charge is -2.03. The van der Waals surface area contributed by atoms with E-state index in [0.29, 0.717) is 5.57 Å². The molecular weight excluding hydrogens is 152 g/mol. The number of rotatable bonds is 4. The van der Waals surface area contributed by atoms with Crippen LogP contribution >= 0.6 is 0 Å². The third-order valence-corrected chi connectivity index (χ3v) is 1.31. The van der Waals surface area contributed by atoms with Gasteiger partial charge in [-0.1, -0.05) is 30.9 Å². The van der Waals surface area contributed by atoms with E-state index in [1.54, 1.807) is 31.2 Å². The van der Waals surface area contributed by atoms with Gasteiger partial charge in [-0.05, 0) is 6.92 Å². The van der Waals surface area contributed by atoms with Crippen LogP contribution < -0.4 is 11.5 Å². The van der Waals surface area contributed by atoms with Gasteiger partial charge in [-0.25, -0.2) is 0 Å². The number of hydrogen-bond acceptors (Lipinski definition) is 3. The number of Topliss-reactive ketones (excluding diaryl/α,β-unsaturated/α-hetero) is 1. The molecule has 0 radical (unpaired) electrons. The molecule has 0 saturated heterocycles. The van der Waals surface area contributed by atoms with Crippen LogP contribution in [0, 0.1) is 0 Å². The summed E-state index contributed by atoms with van der Waals surface area (Å²) >= 11 is 0. The molecular formula is C9H14N2O. The number of carbonyl (C=O) groups is 1. The lowest BCUT2D eigenvalue weighted by Crippen LogP contribution is -2.39. The van der Waals surface area contributed by atoms with E-state index in [0.717, 1.165) is 0 Å². The first-order valence-electron chi connectivity index (χ1n) is 3.64. The molecule has 0 aromatic rings. The highest BCUT2D eigenvalue weighted by atomic mass is 16.1. The third-order valence-electron chi connectivity index (χ3n) is 1.31. The van der Waals surface area contributed by atoms with Crippen LogP contribution in [0.2, 0.25) is 0 Å². The van der Waals surface area contributed by atoms with Crippen molar-refractivity contribution in [2.75, 3.05) is 0 Å². The highest BCUT2D eigenvalue weighted by molar-refractivity contribution is 6.01. The van der Waals surface area contributed by atoms with Crippen LogP contribution in [0.3, 0.4) is 0 Å². The van der Waals surface area contributed by atoms with E-state index >= 15 is 0 Å². The second-order valence-electron chi connectivity index (χ2n) is 2.23. The second kappa shape index (κ2) is 5.46. The Kier molecular flexibility index (Phi) is 4.92. The second-order valence-corrected chi connectivity index (χ2v) is 2.23. The number of carbonyl (C=O) groups excluding carboxylic acids is 1. The van der Waals surface area contributed by atoms with Crippen molar-refractivity contribution in [1.82, 2.24) is 0 Å². The summed E-state index contributed by atoms with van der Waals surface area (Å²) in [5.41, 5.74) is 10.9. The number of ketones is 1. The van der Waals surface area contributed by atoms with Gasteiger partial charge >= 0.3 is 0 Å². The van der Waals surface area contributed by atoms with E-state index < -0.39 is 6.17 Å². The number of nitrogens with two attached hydrogens (primary N) is 2. The zero-order chi connectivity index (χ0) is 9.56. The van der Waals surface area contributed by atoms with E-state index in [9.17, 15) is 4.79 Å². The minimum Gasteiger partial charge on any atom is -0.310 e. The van der Waals surface area contributed by atoms with Gasteiger partial charge < -0.3 is 11.5 Å². The summed E-state index contributed by atoms with van der Waals surface area (Å²) in [6.45, 7) is 5.24. The molecule has 0 aliphatic carbocycles. The molecule has 0 rings (SSSR count). The van der Waals surface area contributed by atoms with Crippen molar-refractivity contribution < 1.29 is 4.79 Å². The molecule has 0 amide bonds. The molecule has 66 valence electrons. The molecule has 0 aromatic heterocycles. The molecule has 0 aliphatic rings. The molecule has 4 N–H and O–H groups in total. The summed E-state index contributed by atoms with van der Waals surface area (Å²) in [5.74, 6) is -0.268. The van der Waals surface area contributed by atoms with Gasteiger partial charge in [0.05, 0.1) is 0 Å². The monoisotopic (exact) mass is 166 g/mol. The Morgan fingerprint density at radius 3 is 2.42 bits per heavy atom. The Hall–Kier alpha value is -1.19. The van der Waals surface area contributed by atoms with Crippen molar-refractivity contribution in [2.45, 2.75) is 13.1 Å². The quantitative estimate of drug-likeness (QED) is 0.363. The van der Waals surface area contributed by atoms with Crippen LogP contribution in [0.25, 0.3) is 0 Å². The largest absolute Gasteiger partial charge is 0.310 e. The SMILES string of the molecule is C=C/C=C\C(=C/C)C(=O)C(N)N. The standard InChI is InChI=1S/C9H14N2O/c1-3-5-6-7(4-2)8(12)9(10)11/h3-6,9H,1,10-11H2,2H3/b6-5-,7-4+. The topological polar surface area (TPSA) is 69.1 Å². The molecule has 0 spiro atoms. The van der Waals surface area contributed by atoms with Gasteiger partial charge in [0.2, 0.25) is 0 Å². The van der Waals surface area contributed by atoms with E-state index in [4.69, 9.17) is 11.5 Å². The first-order valence-corrected chi connectivity index (χ1v) is 3.64. The molecule has 0 saturated carbocycles. The zero-order valence-electron chi connectivity index (χ0n) is 7.16. The highest BCUT2D eigenvalue weighted by Gasteiger charge is 2.09. The molecule has 3 heteroatoms. The van der Waals surface area contributed by atoms with Crippen molar-refractivity contribution in [3.63, 3.8) is 0 Å². The lowest BCUT2D eigenvalue weighted by molar-refractivity contribution is -0.116. The Balaban J connectivity index is 4.48. The number of hydrogen-bond donors (Lipinski definition) is 2. The van der Waals surface area contributed by atoms with Crippen molar-refractivity contribution in [3.05, 3.63) is 36.5 Å². The predicted molar refractivity (Wildman–Crippen MR) is 50.3 cm³/mol. The van der Waals surface area contributed by atoms with Crippen LogP contribution in [0.4, 0.5) is 0 Å². The Bertz CT molecular complexity index is 227. The van der Waals surface area contributed by atoms with Gasteiger partial charge in [-0.2, -0.15) is 0 Å². The molecule has 0 aliphatic heterocycles.